The molecule has 0 atom stereocenters. The van der Waals surface area contributed by atoms with Crippen molar-refractivity contribution in [2.24, 2.45) is 0 Å². The molecule has 5 heteroatoms. The lowest BCUT2D eigenvalue weighted by Crippen LogP contribution is -2.41. The van der Waals surface area contributed by atoms with Crippen LogP contribution >= 0.6 is 0 Å². The highest BCUT2D eigenvalue weighted by molar-refractivity contribution is 6.62. The van der Waals surface area contributed by atoms with Gasteiger partial charge in [-0.3, -0.25) is 4.68 Å². The Morgan fingerprint density at radius 1 is 1.24 bits per heavy atom. The van der Waals surface area contributed by atoms with Crippen LogP contribution < -0.4 is 5.46 Å². The van der Waals surface area contributed by atoms with Gasteiger partial charge in [0.05, 0.1) is 11.2 Å². The minimum Gasteiger partial charge on any atom is -0.399 e. The molecule has 2 heterocycles. The van der Waals surface area contributed by atoms with Gasteiger partial charge < -0.3 is 9.31 Å². The lowest BCUT2D eigenvalue weighted by atomic mass is 9.79. The molecule has 0 aliphatic carbocycles. The SMILES string of the molecule is CCn1ncc(B2OC(C)(C)C(C)(C)O2)c1C. The number of hydrogen-bond acceptors (Lipinski definition) is 3. The van der Waals surface area contributed by atoms with E-state index in [-0.39, 0.29) is 18.3 Å². The van der Waals surface area contributed by atoms with Gasteiger partial charge in [-0.2, -0.15) is 5.10 Å². The van der Waals surface area contributed by atoms with Crippen LogP contribution in [-0.2, 0) is 15.9 Å². The van der Waals surface area contributed by atoms with Gasteiger partial charge in [-0.25, -0.2) is 0 Å². The van der Waals surface area contributed by atoms with Crippen molar-refractivity contribution in [2.75, 3.05) is 0 Å². The standard InChI is InChI=1S/C12H21BN2O2/c1-7-15-9(2)10(8-14-15)13-16-11(3,4)12(5,6)17-13/h8H,7H2,1-6H3. The summed E-state index contributed by atoms with van der Waals surface area (Å²) in [6.45, 7) is 13.2. The van der Waals surface area contributed by atoms with E-state index < -0.39 is 0 Å². The molecular formula is C12H21BN2O2. The zero-order valence-electron chi connectivity index (χ0n) is 11.6. The zero-order chi connectivity index (χ0) is 12.8. The van der Waals surface area contributed by atoms with Gasteiger partial charge in [-0.15, -0.1) is 0 Å². The van der Waals surface area contributed by atoms with Gasteiger partial charge in [0, 0.05) is 23.9 Å². The summed E-state index contributed by atoms with van der Waals surface area (Å²) in [7, 11) is -0.305. The van der Waals surface area contributed by atoms with Gasteiger partial charge in [-0.05, 0) is 41.5 Å². The van der Waals surface area contributed by atoms with Crippen LogP contribution in [0, 0.1) is 6.92 Å². The molecule has 1 aliphatic rings. The molecule has 0 unspecified atom stereocenters. The lowest BCUT2D eigenvalue weighted by Gasteiger charge is -2.32. The van der Waals surface area contributed by atoms with Crippen molar-refractivity contribution in [3.05, 3.63) is 11.9 Å². The first-order valence-corrected chi connectivity index (χ1v) is 6.16. The van der Waals surface area contributed by atoms with Crippen LogP contribution in [0.4, 0.5) is 0 Å². The van der Waals surface area contributed by atoms with Crippen molar-refractivity contribution in [3.63, 3.8) is 0 Å². The summed E-state index contributed by atoms with van der Waals surface area (Å²) in [6, 6.07) is 0. The minimum atomic E-state index is -0.305. The van der Waals surface area contributed by atoms with Gasteiger partial charge in [-0.1, -0.05) is 0 Å². The summed E-state index contributed by atoms with van der Waals surface area (Å²) in [5.74, 6) is 0. The monoisotopic (exact) mass is 236 g/mol. The second-order valence-corrected chi connectivity index (χ2v) is 5.59. The molecule has 1 aromatic heterocycles. The maximum Gasteiger partial charge on any atom is 0.498 e. The van der Waals surface area contributed by atoms with Crippen molar-refractivity contribution in [1.29, 1.82) is 0 Å². The molecule has 4 nitrogen and oxygen atoms in total. The molecule has 1 aromatic rings. The highest BCUT2D eigenvalue weighted by atomic mass is 16.7. The van der Waals surface area contributed by atoms with Crippen LogP contribution in [0.25, 0.3) is 0 Å². The van der Waals surface area contributed by atoms with Crippen LogP contribution in [0.5, 0.6) is 0 Å². The molecule has 0 radical (unpaired) electrons. The van der Waals surface area contributed by atoms with Crippen molar-refractivity contribution < 1.29 is 9.31 Å². The Hall–Kier alpha value is -0.805. The summed E-state index contributed by atoms with van der Waals surface area (Å²) in [6.07, 6.45) is 1.85. The van der Waals surface area contributed by atoms with Gasteiger partial charge in [0.2, 0.25) is 0 Å². The highest BCUT2D eigenvalue weighted by Gasteiger charge is 2.52. The van der Waals surface area contributed by atoms with E-state index in [1.54, 1.807) is 0 Å². The third-order valence-corrected chi connectivity index (χ3v) is 3.95. The molecule has 2 rings (SSSR count). The Kier molecular flexibility index (Phi) is 2.87. The molecule has 17 heavy (non-hydrogen) atoms. The lowest BCUT2D eigenvalue weighted by molar-refractivity contribution is 0.00578. The van der Waals surface area contributed by atoms with Gasteiger partial charge in [0.25, 0.3) is 0 Å². The maximum absolute atomic E-state index is 6.01. The molecule has 0 N–H and O–H groups in total. The molecule has 0 aromatic carbocycles. The molecular weight excluding hydrogens is 215 g/mol. The maximum atomic E-state index is 6.01. The molecule has 0 amide bonds. The van der Waals surface area contributed by atoms with Crippen LogP contribution in [-0.4, -0.2) is 28.1 Å². The Morgan fingerprint density at radius 2 is 1.76 bits per heavy atom. The molecule has 94 valence electrons. The molecule has 1 saturated heterocycles. The quantitative estimate of drug-likeness (QED) is 0.730. The fourth-order valence-corrected chi connectivity index (χ4v) is 1.98. The first-order chi connectivity index (χ1) is 7.78. The second-order valence-electron chi connectivity index (χ2n) is 5.59. The smallest absolute Gasteiger partial charge is 0.399 e. The van der Waals surface area contributed by atoms with E-state index in [0.29, 0.717) is 0 Å². The van der Waals surface area contributed by atoms with E-state index in [9.17, 15) is 0 Å². The average molecular weight is 236 g/mol. The van der Waals surface area contributed by atoms with E-state index in [1.165, 1.54) is 0 Å². The van der Waals surface area contributed by atoms with Gasteiger partial charge >= 0.3 is 7.12 Å². The molecule has 0 bridgehead atoms. The molecule has 0 saturated carbocycles. The first kappa shape index (κ1) is 12.6. The number of hydrogen-bond donors (Lipinski definition) is 0. The fourth-order valence-electron chi connectivity index (χ4n) is 1.98. The van der Waals surface area contributed by atoms with Gasteiger partial charge in [0.1, 0.15) is 0 Å². The summed E-state index contributed by atoms with van der Waals surface area (Å²) in [5, 5.41) is 4.33. The minimum absolute atomic E-state index is 0.293. The molecule has 0 spiro atoms. The zero-order valence-corrected chi connectivity index (χ0v) is 11.6. The Bertz CT molecular complexity index is 410. The van der Waals surface area contributed by atoms with Crippen molar-refractivity contribution in [1.82, 2.24) is 9.78 Å². The van der Waals surface area contributed by atoms with Crippen LogP contribution in [0.15, 0.2) is 6.20 Å². The van der Waals surface area contributed by atoms with Crippen LogP contribution in [0.3, 0.4) is 0 Å². The molecule has 1 fully saturated rings. The fraction of sp³-hybridized carbons (Fsp3) is 0.750. The van der Waals surface area contributed by atoms with Crippen LogP contribution in [0.2, 0.25) is 0 Å². The van der Waals surface area contributed by atoms with E-state index >= 15 is 0 Å². The predicted octanol–water partition coefficient (Wildman–Crippen LogP) is 1.51. The number of rotatable bonds is 2. The van der Waals surface area contributed by atoms with Crippen molar-refractivity contribution in [2.45, 2.75) is 59.3 Å². The van der Waals surface area contributed by atoms with E-state index in [2.05, 4.69) is 46.6 Å². The number of aryl methyl sites for hydroxylation is 1. The van der Waals surface area contributed by atoms with Gasteiger partial charge in [0.15, 0.2) is 0 Å². The van der Waals surface area contributed by atoms with E-state index in [0.717, 1.165) is 17.7 Å². The third kappa shape index (κ3) is 1.91. The summed E-state index contributed by atoms with van der Waals surface area (Å²) in [4.78, 5) is 0. The predicted molar refractivity (Wildman–Crippen MR) is 68.4 cm³/mol. The Balaban J connectivity index is 2.29. The summed E-state index contributed by atoms with van der Waals surface area (Å²) in [5.41, 5.74) is 1.56. The van der Waals surface area contributed by atoms with Crippen molar-refractivity contribution in [3.8, 4) is 0 Å². The largest absolute Gasteiger partial charge is 0.498 e. The van der Waals surface area contributed by atoms with Crippen molar-refractivity contribution >= 4 is 12.6 Å². The van der Waals surface area contributed by atoms with Crippen LogP contribution in [0.1, 0.15) is 40.3 Å². The summed E-state index contributed by atoms with van der Waals surface area (Å²) >= 11 is 0. The number of nitrogens with zero attached hydrogens (tertiary/aromatic N) is 2. The average Bonchev–Trinajstić information content (AvgIpc) is 2.65. The number of aromatic nitrogens is 2. The van der Waals surface area contributed by atoms with E-state index in [4.69, 9.17) is 9.31 Å². The topological polar surface area (TPSA) is 36.3 Å². The third-order valence-electron chi connectivity index (χ3n) is 3.95. The molecule has 1 aliphatic heterocycles. The Morgan fingerprint density at radius 3 is 2.18 bits per heavy atom. The first-order valence-electron chi connectivity index (χ1n) is 6.16. The normalized spacial score (nSPS) is 22.1. The second kappa shape index (κ2) is 3.85. The summed E-state index contributed by atoms with van der Waals surface area (Å²) < 4.78 is 14.0. The Labute approximate surface area is 103 Å². The van der Waals surface area contributed by atoms with E-state index in [1.807, 2.05) is 10.9 Å². The highest BCUT2D eigenvalue weighted by Crippen LogP contribution is 2.36.